The van der Waals surface area contributed by atoms with Crippen LogP contribution in [0.15, 0.2) is 0 Å². The van der Waals surface area contributed by atoms with Crippen LogP contribution in [0, 0.1) is 4.78 Å². The fourth-order valence-electron chi connectivity index (χ4n) is 1.43. The summed E-state index contributed by atoms with van der Waals surface area (Å²) in [4.78, 5) is 0. The number of hydrogen-bond acceptors (Lipinski definition) is 5. The first kappa shape index (κ1) is 21.6. The summed E-state index contributed by atoms with van der Waals surface area (Å²) in [7, 11) is -16.6. The highest BCUT2D eigenvalue weighted by atomic mass is 32.3. The normalized spacial score (nSPS) is 16.0. The molecule has 0 radical (unpaired) electrons. The van der Waals surface area contributed by atoms with Crippen molar-refractivity contribution in [2.24, 2.45) is 0 Å². The molecule has 22 heavy (non-hydrogen) atoms. The molecule has 0 aromatic heterocycles. The van der Waals surface area contributed by atoms with Crippen LogP contribution in [0.5, 0.6) is 0 Å². The number of rotatable bonds is 6. The van der Waals surface area contributed by atoms with E-state index in [2.05, 4.69) is 0 Å². The van der Waals surface area contributed by atoms with E-state index in [0.29, 0.717) is 0 Å². The molecule has 0 saturated heterocycles. The van der Waals surface area contributed by atoms with Gasteiger partial charge in [0.1, 0.15) is 0 Å². The first-order chi connectivity index (χ1) is 9.46. The van der Waals surface area contributed by atoms with Crippen LogP contribution in [-0.4, -0.2) is 49.7 Å². The predicted molar refractivity (Wildman–Crippen MR) is 71.2 cm³/mol. The van der Waals surface area contributed by atoms with Gasteiger partial charge in [0.2, 0.25) is 0 Å². The Morgan fingerprint density at radius 3 is 1.32 bits per heavy atom. The lowest BCUT2D eigenvalue weighted by atomic mass is 10.9. The van der Waals surface area contributed by atoms with E-state index < -0.39 is 50.9 Å². The number of sulfone groups is 2. The second-order valence-electron chi connectivity index (χ2n) is 4.37. The molecule has 0 atom stereocenters. The molecular weight excluding hydrogens is 384 g/mol. The molecule has 0 fully saturated rings. The zero-order valence-electron chi connectivity index (χ0n) is 11.4. The van der Waals surface area contributed by atoms with E-state index in [1.54, 1.807) is 0 Å². The van der Waals surface area contributed by atoms with Crippen LogP contribution in [-0.2, 0) is 29.5 Å². The fraction of sp³-hybridized carbons (Fsp3) is 1.00. The topological polar surface area (TPSA) is 92.1 Å². The van der Waals surface area contributed by atoms with Crippen LogP contribution in [0.4, 0.5) is 26.3 Å². The Hall–Kier alpha value is -0.370. The van der Waals surface area contributed by atoms with Crippen LogP contribution in [0.2, 0.25) is 0 Å². The number of hydrogen-bond donors (Lipinski definition) is 2. The van der Waals surface area contributed by atoms with Gasteiger partial charge in [-0.1, -0.05) is 13.8 Å². The quantitative estimate of drug-likeness (QED) is 0.527. The van der Waals surface area contributed by atoms with Crippen LogP contribution in [0.25, 0.3) is 0 Å². The number of alkyl halides is 6. The molecule has 0 aliphatic carbocycles. The number of halogens is 6. The molecule has 0 aliphatic heterocycles. The molecule has 0 rings (SSSR count). The molecule has 0 unspecified atom stereocenters. The highest BCUT2D eigenvalue weighted by Gasteiger charge is 2.63. The standard InChI is InChI=1S/C8H15F6NO4S3/c1-3-20(15,4-2)5-6(21(16,17)7(9,10)11)22(18,19)8(12,13)14/h6,15,20H,3-5H2,1-2H3. The highest BCUT2D eigenvalue weighted by molar-refractivity contribution is 8.12. The molecule has 0 aliphatic rings. The van der Waals surface area contributed by atoms with Gasteiger partial charge in [-0.3, -0.25) is 0 Å². The summed E-state index contributed by atoms with van der Waals surface area (Å²) < 4.78 is 124. The minimum atomic E-state index is -6.63. The average molecular weight is 399 g/mol. The van der Waals surface area contributed by atoms with Crippen LogP contribution in [0.1, 0.15) is 13.8 Å². The summed E-state index contributed by atoms with van der Waals surface area (Å²) in [5.74, 6) is -1.93. The maximum atomic E-state index is 12.5. The lowest BCUT2D eigenvalue weighted by molar-refractivity contribution is -0.0468. The Kier molecular flexibility index (Phi) is 6.16. The molecule has 1 N–H and O–H groups in total. The molecular formula is C8H15F6NO4S3. The molecule has 5 nitrogen and oxygen atoms in total. The molecule has 0 amide bonds. The van der Waals surface area contributed by atoms with Gasteiger partial charge in [-0.15, -0.1) is 0 Å². The third kappa shape index (κ3) is 4.13. The summed E-state index contributed by atoms with van der Waals surface area (Å²) >= 11 is 0. The Balaban J connectivity index is 6.36. The van der Waals surface area contributed by atoms with Gasteiger partial charge in [0.05, 0.1) is 0 Å². The largest absolute Gasteiger partial charge is 0.498 e. The van der Waals surface area contributed by atoms with Gasteiger partial charge >= 0.3 is 11.0 Å². The van der Waals surface area contributed by atoms with Crippen molar-refractivity contribution in [2.45, 2.75) is 29.4 Å². The molecule has 136 valence electrons. The third-order valence-electron chi connectivity index (χ3n) is 3.05. The van der Waals surface area contributed by atoms with E-state index in [1.165, 1.54) is 13.8 Å². The van der Waals surface area contributed by atoms with Crippen LogP contribution >= 0.6 is 0 Å². The smallest absolute Gasteiger partial charge is 0.301 e. The van der Waals surface area contributed by atoms with E-state index in [0.717, 1.165) is 0 Å². The van der Waals surface area contributed by atoms with E-state index in [-0.39, 0.29) is 11.5 Å². The maximum absolute atomic E-state index is 12.5. The number of thiol groups is 1. The van der Waals surface area contributed by atoms with Crippen molar-refractivity contribution in [1.29, 1.82) is 4.78 Å². The van der Waals surface area contributed by atoms with Crippen molar-refractivity contribution in [3.63, 3.8) is 0 Å². The lowest BCUT2D eigenvalue weighted by Gasteiger charge is -2.29. The first-order valence-electron chi connectivity index (χ1n) is 5.67. The van der Waals surface area contributed by atoms with E-state index in [1.807, 2.05) is 0 Å². The van der Waals surface area contributed by atoms with Gasteiger partial charge in [0.15, 0.2) is 4.58 Å². The van der Waals surface area contributed by atoms with Crippen molar-refractivity contribution in [3.8, 4) is 0 Å². The highest BCUT2D eigenvalue weighted by Crippen LogP contribution is 2.37. The Morgan fingerprint density at radius 2 is 1.14 bits per heavy atom. The lowest BCUT2D eigenvalue weighted by Crippen LogP contribution is -2.49. The van der Waals surface area contributed by atoms with Gasteiger partial charge < -0.3 is 4.78 Å². The Labute approximate surface area is 124 Å². The average Bonchev–Trinajstić information content (AvgIpc) is 2.32. The molecule has 0 aromatic carbocycles. The molecule has 0 heterocycles. The van der Waals surface area contributed by atoms with Crippen molar-refractivity contribution in [1.82, 2.24) is 0 Å². The molecule has 14 heteroatoms. The van der Waals surface area contributed by atoms with E-state index in [9.17, 15) is 43.2 Å². The zero-order valence-corrected chi connectivity index (χ0v) is 13.9. The van der Waals surface area contributed by atoms with Gasteiger partial charge in [0.25, 0.3) is 19.7 Å². The van der Waals surface area contributed by atoms with E-state index >= 15 is 0 Å². The maximum Gasteiger partial charge on any atom is 0.498 e. The SMILES string of the molecule is CC[SH](=N)(CC)CC(S(=O)(=O)C(F)(F)F)S(=O)(=O)C(F)(F)F. The third-order valence-corrected chi connectivity index (χ3v) is 11.6. The van der Waals surface area contributed by atoms with Gasteiger partial charge in [0, 0.05) is 5.75 Å². The summed E-state index contributed by atoms with van der Waals surface area (Å²) in [5.41, 5.74) is -12.3. The summed E-state index contributed by atoms with van der Waals surface area (Å²) in [5, 5.41) is 0. The van der Waals surface area contributed by atoms with Crippen LogP contribution in [0.3, 0.4) is 0 Å². The second-order valence-corrected chi connectivity index (χ2v) is 12.8. The predicted octanol–water partition coefficient (Wildman–Crippen LogP) is 1.87. The van der Waals surface area contributed by atoms with Crippen LogP contribution < -0.4 is 0 Å². The minimum Gasteiger partial charge on any atom is -0.301 e. The van der Waals surface area contributed by atoms with Gasteiger partial charge in [-0.05, 0) is 11.5 Å². The van der Waals surface area contributed by atoms with E-state index in [4.69, 9.17) is 4.78 Å². The minimum absolute atomic E-state index is 0.208. The van der Waals surface area contributed by atoms with Crippen molar-refractivity contribution in [3.05, 3.63) is 0 Å². The van der Waals surface area contributed by atoms with Gasteiger partial charge in [-0.2, -0.15) is 36.2 Å². The fourth-order valence-corrected chi connectivity index (χ4v) is 8.83. The number of nitrogens with one attached hydrogen (secondary N) is 1. The molecule has 0 saturated carbocycles. The second kappa shape index (κ2) is 6.26. The molecule has 0 spiro atoms. The van der Waals surface area contributed by atoms with Crippen molar-refractivity contribution >= 4 is 29.5 Å². The first-order valence-corrected chi connectivity index (χ1v) is 11.1. The summed E-state index contributed by atoms with van der Waals surface area (Å²) in [6.45, 7) is 2.56. The summed E-state index contributed by atoms with van der Waals surface area (Å²) in [6, 6.07) is 0. The Morgan fingerprint density at radius 1 is 0.864 bits per heavy atom. The molecule has 0 aromatic rings. The van der Waals surface area contributed by atoms with Crippen molar-refractivity contribution in [2.75, 3.05) is 17.3 Å². The molecule has 0 bridgehead atoms. The van der Waals surface area contributed by atoms with Gasteiger partial charge in [-0.25, -0.2) is 16.8 Å². The summed E-state index contributed by atoms with van der Waals surface area (Å²) in [6.07, 6.45) is 0. The monoisotopic (exact) mass is 399 g/mol. The Bertz CT molecular complexity index is 596. The zero-order chi connectivity index (χ0) is 18.2. The van der Waals surface area contributed by atoms with Crippen molar-refractivity contribution < 1.29 is 43.2 Å².